The summed E-state index contributed by atoms with van der Waals surface area (Å²) in [7, 11) is 1.22. The Bertz CT molecular complexity index is 517. The van der Waals surface area contributed by atoms with Crippen LogP contribution in [0.4, 0.5) is 0 Å². The third kappa shape index (κ3) is 3.21. The Labute approximate surface area is 126 Å². The van der Waals surface area contributed by atoms with Crippen molar-refractivity contribution in [2.75, 3.05) is 13.7 Å². The highest BCUT2D eigenvalue weighted by atomic mass is 16.7. The van der Waals surface area contributed by atoms with E-state index in [0.717, 1.165) is 0 Å². The van der Waals surface area contributed by atoms with Gasteiger partial charge in [0.25, 0.3) is 0 Å². The van der Waals surface area contributed by atoms with Crippen LogP contribution in [-0.2, 0) is 9.47 Å². The summed E-state index contributed by atoms with van der Waals surface area (Å²) in [6, 6.07) is 6.14. The van der Waals surface area contributed by atoms with E-state index in [1.165, 1.54) is 19.2 Å². The van der Waals surface area contributed by atoms with Gasteiger partial charge in [-0.05, 0) is 12.1 Å². The standard InChI is InChI=1S/C14H18O8/c1-20-13(19)7-4-2-3-5-8(7)21-14-12(18)11(17)10(16)9(6-15)22-14/h2-5,9-12,14-18H,6H2,1H3/t9-,10-,11+,12+,14+/m1/s1. The molecule has 8 heteroatoms. The fraction of sp³-hybridized carbons (Fsp3) is 0.500. The zero-order valence-electron chi connectivity index (χ0n) is 11.8. The van der Waals surface area contributed by atoms with Gasteiger partial charge in [0.2, 0.25) is 6.29 Å². The summed E-state index contributed by atoms with van der Waals surface area (Å²) >= 11 is 0. The molecule has 1 heterocycles. The van der Waals surface area contributed by atoms with Crippen LogP contribution in [0, 0.1) is 0 Å². The average molecular weight is 314 g/mol. The quantitative estimate of drug-likeness (QED) is 0.503. The van der Waals surface area contributed by atoms with E-state index in [1.54, 1.807) is 12.1 Å². The molecule has 0 spiro atoms. The molecule has 0 saturated carbocycles. The molecule has 1 aromatic rings. The molecule has 0 radical (unpaired) electrons. The van der Waals surface area contributed by atoms with Crippen molar-refractivity contribution in [2.45, 2.75) is 30.7 Å². The molecule has 0 unspecified atom stereocenters. The topological polar surface area (TPSA) is 126 Å². The van der Waals surface area contributed by atoms with Crippen LogP contribution in [0.3, 0.4) is 0 Å². The molecule has 1 aliphatic heterocycles. The normalized spacial score (nSPS) is 31.6. The number of aliphatic hydroxyl groups is 4. The predicted molar refractivity (Wildman–Crippen MR) is 72.2 cm³/mol. The second-order valence-electron chi connectivity index (χ2n) is 4.80. The highest BCUT2D eigenvalue weighted by Gasteiger charge is 2.44. The van der Waals surface area contributed by atoms with Crippen LogP contribution in [0.1, 0.15) is 10.4 Å². The van der Waals surface area contributed by atoms with Crippen molar-refractivity contribution in [3.8, 4) is 5.75 Å². The number of hydrogen-bond donors (Lipinski definition) is 4. The molecule has 0 aromatic heterocycles. The first-order chi connectivity index (χ1) is 10.5. The third-order valence-electron chi connectivity index (χ3n) is 3.38. The number of ether oxygens (including phenoxy) is 3. The van der Waals surface area contributed by atoms with E-state index in [0.29, 0.717) is 0 Å². The lowest BCUT2D eigenvalue weighted by Gasteiger charge is -2.39. The largest absolute Gasteiger partial charge is 0.465 e. The van der Waals surface area contributed by atoms with Gasteiger partial charge in [-0.25, -0.2) is 4.79 Å². The van der Waals surface area contributed by atoms with Crippen LogP contribution in [0.5, 0.6) is 5.75 Å². The highest BCUT2D eigenvalue weighted by Crippen LogP contribution is 2.26. The minimum atomic E-state index is -1.55. The smallest absolute Gasteiger partial charge is 0.341 e. The number of carbonyl (C=O) groups excluding carboxylic acids is 1. The Morgan fingerprint density at radius 2 is 1.86 bits per heavy atom. The number of aliphatic hydroxyl groups excluding tert-OH is 4. The van der Waals surface area contributed by atoms with Crippen molar-refractivity contribution in [3.63, 3.8) is 0 Å². The number of rotatable bonds is 4. The van der Waals surface area contributed by atoms with Gasteiger partial charge in [-0.3, -0.25) is 0 Å². The monoisotopic (exact) mass is 314 g/mol. The van der Waals surface area contributed by atoms with Gasteiger partial charge in [-0.15, -0.1) is 0 Å². The summed E-state index contributed by atoms with van der Waals surface area (Å²) < 4.78 is 15.3. The summed E-state index contributed by atoms with van der Waals surface area (Å²) in [6.07, 6.45) is -7.03. The number of hydrogen-bond acceptors (Lipinski definition) is 8. The number of benzene rings is 1. The average Bonchev–Trinajstić information content (AvgIpc) is 2.55. The fourth-order valence-electron chi connectivity index (χ4n) is 2.14. The lowest BCUT2D eigenvalue weighted by molar-refractivity contribution is -0.277. The Hall–Kier alpha value is -1.71. The first kappa shape index (κ1) is 16.7. The summed E-state index contributed by atoms with van der Waals surface area (Å²) in [5.74, 6) is -0.557. The molecular weight excluding hydrogens is 296 g/mol. The zero-order chi connectivity index (χ0) is 16.3. The van der Waals surface area contributed by atoms with E-state index in [9.17, 15) is 20.1 Å². The molecule has 1 aromatic carbocycles. The van der Waals surface area contributed by atoms with E-state index in [1.807, 2.05) is 0 Å². The van der Waals surface area contributed by atoms with Crippen molar-refractivity contribution in [1.82, 2.24) is 0 Å². The van der Waals surface area contributed by atoms with E-state index in [-0.39, 0.29) is 11.3 Å². The van der Waals surface area contributed by atoms with Crippen LogP contribution >= 0.6 is 0 Å². The molecule has 5 atom stereocenters. The summed E-state index contributed by atoms with van der Waals surface area (Å²) in [6.45, 7) is -0.566. The van der Waals surface area contributed by atoms with E-state index in [2.05, 4.69) is 4.74 Å². The maximum absolute atomic E-state index is 11.7. The Kier molecular flexibility index (Phi) is 5.33. The number of carbonyl (C=O) groups is 1. The molecule has 1 fully saturated rings. The van der Waals surface area contributed by atoms with Crippen LogP contribution in [0.25, 0.3) is 0 Å². The van der Waals surface area contributed by atoms with Gasteiger partial charge in [0.05, 0.1) is 13.7 Å². The van der Waals surface area contributed by atoms with Crippen molar-refractivity contribution in [3.05, 3.63) is 29.8 Å². The van der Waals surface area contributed by atoms with Gasteiger partial charge < -0.3 is 34.6 Å². The molecule has 4 N–H and O–H groups in total. The van der Waals surface area contributed by atoms with Gasteiger partial charge in [-0.2, -0.15) is 0 Å². The summed E-state index contributed by atoms with van der Waals surface area (Å²) in [5, 5.41) is 38.4. The van der Waals surface area contributed by atoms with E-state index in [4.69, 9.17) is 14.6 Å². The van der Waals surface area contributed by atoms with Gasteiger partial charge in [0.15, 0.2) is 0 Å². The van der Waals surface area contributed by atoms with Crippen LogP contribution in [0.15, 0.2) is 24.3 Å². The SMILES string of the molecule is COC(=O)c1ccccc1O[C@H]1O[C@H](CO)[C@@H](O)[C@H](O)[C@@H]1O. The zero-order valence-corrected chi connectivity index (χ0v) is 11.8. The molecule has 0 bridgehead atoms. The maximum atomic E-state index is 11.7. The van der Waals surface area contributed by atoms with E-state index < -0.39 is 43.3 Å². The van der Waals surface area contributed by atoms with Gasteiger partial charge in [0, 0.05) is 0 Å². The third-order valence-corrected chi connectivity index (χ3v) is 3.38. The number of para-hydroxylation sites is 1. The Morgan fingerprint density at radius 3 is 2.50 bits per heavy atom. The minimum absolute atomic E-state index is 0.0821. The number of esters is 1. The second-order valence-corrected chi connectivity index (χ2v) is 4.80. The highest BCUT2D eigenvalue weighted by molar-refractivity contribution is 5.92. The first-order valence-electron chi connectivity index (χ1n) is 6.64. The van der Waals surface area contributed by atoms with Crippen molar-refractivity contribution in [1.29, 1.82) is 0 Å². The Balaban J connectivity index is 2.21. The van der Waals surface area contributed by atoms with Crippen LogP contribution in [0.2, 0.25) is 0 Å². The van der Waals surface area contributed by atoms with Crippen LogP contribution < -0.4 is 4.74 Å². The molecule has 22 heavy (non-hydrogen) atoms. The summed E-state index contributed by atoms with van der Waals surface area (Å²) in [4.78, 5) is 11.7. The van der Waals surface area contributed by atoms with Gasteiger partial charge >= 0.3 is 5.97 Å². The minimum Gasteiger partial charge on any atom is -0.465 e. The lowest BCUT2D eigenvalue weighted by atomic mass is 9.99. The summed E-state index contributed by atoms with van der Waals surface area (Å²) in [5.41, 5.74) is 0.113. The van der Waals surface area contributed by atoms with Crippen molar-refractivity contribution >= 4 is 5.97 Å². The molecule has 0 amide bonds. The van der Waals surface area contributed by atoms with Crippen molar-refractivity contribution in [2.24, 2.45) is 0 Å². The first-order valence-corrected chi connectivity index (χ1v) is 6.64. The molecule has 122 valence electrons. The predicted octanol–water partition coefficient (Wildman–Crippen LogP) is -1.35. The molecule has 0 aliphatic carbocycles. The molecule has 2 rings (SSSR count). The molecule has 1 aliphatic rings. The lowest BCUT2D eigenvalue weighted by Crippen LogP contribution is -2.60. The second kappa shape index (κ2) is 7.03. The fourth-order valence-corrected chi connectivity index (χ4v) is 2.14. The Morgan fingerprint density at radius 1 is 1.18 bits per heavy atom. The number of methoxy groups -OCH3 is 1. The van der Waals surface area contributed by atoms with E-state index >= 15 is 0 Å². The maximum Gasteiger partial charge on any atom is 0.341 e. The van der Waals surface area contributed by atoms with Crippen molar-refractivity contribution < 1.29 is 39.4 Å². The van der Waals surface area contributed by atoms with Gasteiger partial charge in [0.1, 0.15) is 35.7 Å². The molecule has 8 nitrogen and oxygen atoms in total. The molecular formula is C14H18O8. The van der Waals surface area contributed by atoms with Crippen LogP contribution in [-0.4, -0.2) is 70.8 Å². The molecule has 1 saturated heterocycles. The van der Waals surface area contributed by atoms with Gasteiger partial charge in [-0.1, -0.05) is 12.1 Å².